The Kier molecular flexibility index (Phi) is 2.52. The first kappa shape index (κ1) is 10.6. The second-order valence-electron chi connectivity index (χ2n) is 4.70. The fourth-order valence-electron chi connectivity index (χ4n) is 2.36. The van der Waals surface area contributed by atoms with E-state index in [-0.39, 0.29) is 24.3 Å². The molecule has 0 saturated carbocycles. The Morgan fingerprint density at radius 1 is 1.53 bits per heavy atom. The van der Waals surface area contributed by atoms with Crippen LogP contribution in [0.1, 0.15) is 26.2 Å². The zero-order valence-corrected chi connectivity index (χ0v) is 8.82. The lowest BCUT2D eigenvalue weighted by Crippen LogP contribution is -2.52. The highest BCUT2D eigenvalue weighted by atomic mass is 16.3. The number of likely N-dealkylation sites (tertiary alicyclic amines) is 1. The lowest BCUT2D eigenvalue weighted by Gasteiger charge is -2.38. The van der Waals surface area contributed by atoms with Crippen LogP contribution < -0.4 is 5.32 Å². The zero-order valence-electron chi connectivity index (χ0n) is 8.82. The highest BCUT2D eigenvalue weighted by molar-refractivity contribution is 6.05. The quantitative estimate of drug-likeness (QED) is 0.561. The molecule has 0 aromatic carbocycles. The van der Waals surface area contributed by atoms with Crippen molar-refractivity contribution >= 4 is 11.8 Å². The number of amides is 2. The van der Waals surface area contributed by atoms with E-state index in [1.165, 1.54) is 0 Å². The van der Waals surface area contributed by atoms with Crippen LogP contribution in [0.15, 0.2) is 0 Å². The van der Waals surface area contributed by atoms with Gasteiger partial charge in [0.1, 0.15) is 0 Å². The number of imide groups is 1. The first-order chi connectivity index (χ1) is 6.98. The normalized spacial score (nSPS) is 38.1. The van der Waals surface area contributed by atoms with Gasteiger partial charge in [-0.25, -0.2) is 0 Å². The number of piperidine rings is 1. The SMILES string of the molecule is CC1(O)CCCN(C2CC(=O)NC2=O)C1. The molecule has 0 bridgehead atoms. The fourth-order valence-corrected chi connectivity index (χ4v) is 2.36. The molecule has 2 N–H and O–H groups in total. The summed E-state index contributed by atoms with van der Waals surface area (Å²) in [5.74, 6) is -0.437. The van der Waals surface area contributed by atoms with E-state index in [9.17, 15) is 14.7 Å². The van der Waals surface area contributed by atoms with Crippen molar-refractivity contribution in [2.75, 3.05) is 13.1 Å². The molecule has 84 valence electrons. The minimum absolute atomic E-state index is 0.213. The maximum Gasteiger partial charge on any atom is 0.244 e. The van der Waals surface area contributed by atoms with E-state index >= 15 is 0 Å². The summed E-state index contributed by atoms with van der Waals surface area (Å²) in [6, 6.07) is -0.371. The number of aliphatic hydroxyl groups is 1. The molecule has 15 heavy (non-hydrogen) atoms. The summed E-state index contributed by atoms with van der Waals surface area (Å²) in [5.41, 5.74) is -0.732. The zero-order chi connectivity index (χ0) is 11.1. The molecule has 0 aliphatic carbocycles. The molecule has 5 heteroatoms. The van der Waals surface area contributed by atoms with E-state index in [2.05, 4.69) is 5.32 Å². The van der Waals surface area contributed by atoms with Gasteiger partial charge in [0, 0.05) is 6.54 Å². The predicted molar refractivity (Wildman–Crippen MR) is 53.0 cm³/mol. The molecule has 2 unspecified atom stereocenters. The summed E-state index contributed by atoms with van der Waals surface area (Å²) < 4.78 is 0. The lowest BCUT2D eigenvalue weighted by atomic mass is 9.94. The summed E-state index contributed by atoms with van der Waals surface area (Å²) in [7, 11) is 0. The number of nitrogens with zero attached hydrogens (tertiary/aromatic N) is 1. The van der Waals surface area contributed by atoms with Gasteiger partial charge in [-0.15, -0.1) is 0 Å². The van der Waals surface area contributed by atoms with Gasteiger partial charge in [-0.05, 0) is 26.3 Å². The highest BCUT2D eigenvalue weighted by Crippen LogP contribution is 2.24. The molecular weight excluding hydrogens is 196 g/mol. The van der Waals surface area contributed by atoms with Gasteiger partial charge in [0.05, 0.1) is 18.1 Å². The van der Waals surface area contributed by atoms with Gasteiger partial charge < -0.3 is 5.11 Å². The molecule has 2 heterocycles. The number of nitrogens with one attached hydrogen (secondary N) is 1. The number of hydrogen-bond donors (Lipinski definition) is 2. The number of rotatable bonds is 1. The summed E-state index contributed by atoms with van der Waals surface area (Å²) in [6.45, 7) is 3.02. The molecule has 0 spiro atoms. The van der Waals surface area contributed by atoms with Crippen LogP contribution in [0.4, 0.5) is 0 Å². The fraction of sp³-hybridized carbons (Fsp3) is 0.800. The number of hydrogen-bond acceptors (Lipinski definition) is 4. The van der Waals surface area contributed by atoms with Gasteiger partial charge in [-0.1, -0.05) is 0 Å². The van der Waals surface area contributed by atoms with Crippen LogP contribution >= 0.6 is 0 Å². The van der Waals surface area contributed by atoms with Gasteiger partial charge >= 0.3 is 0 Å². The molecular formula is C10H16N2O3. The molecule has 5 nitrogen and oxygen atoms in total. The monoisotopic (exact) mass is 212 g/mol. The van der Waals surface area contributed by atoms with Crippen LogP contribution in [0.2, 0.25) is 0 Å². The molecule has 2 atom stereocenters. The van der Waals surface area contributed by atoms with Crippen molar-refractivity contribution in [3.8, 4) is 0 Å². The molecule has 0 aromatic heterocycles. The third-order valence-corrected chi connectivity index (χ3v) is 3.09. The number of β-amino-alcohol motifs (C(OH)–C–C–N with tert-alkyl or cyclic N) is 1. The second-order valence-corrected chi connectivity index (χ2v) is 4.70. The smallest absolute Gasteiger partial charge is 0.244 e. The molecule has 2 saturated heterocycles. The Labute approximate surface area is 88.4 Å². The summed E-state index contributed by atoms with van der Waals surface area (Å²) in [4.78, 5) is 24.4. The van der Waals surface area contributed by atoms with Crippen LogP contribution in [0.3, 0.4) is 0 Å². The van der Waals surface area contributed by atoms with Gasteiger partial charge in [-0.2, -0.15) is 0 Å². The average molecular weight is 212 g/mol. The van der Waals surface area contributed by atoms with Gasteiger partial charge in [-0.3, -0.25) is 19.8 Å². The van der Waals surface area contributed by atoms with Crippen LogP contribution in [0.5, 0.6) is 0 Å². The van der Waals surface area contributed by atoms with Crippen molar-refractivity contribution < 1.29 is 14.7 Å². The summed E-state index contributed by atoms with van der Waals surface area (Å²) in [6.07, 6.45) is 1.85. The number of carbonyl (C=O) groups excluding carboxylic acids is 2. The standard InChI is InChI=1S/C10H16N2O3/c1-10(15)3-2-4-12(6-10)7-5-8(13)11-9(7)14/h7,15H,2-6H2,1H3,(H,11,13,14). The first-order valence-corrected chi connectivity index (χ1v) is 5.28. The minimum atomic E-state index is -0.732. The van der Waals surface area contributed by atoms with Crippen LogP contribution in [0, 0.1) is 0 Å². The summed E-state index contributed by atoms with van der Waals surface area (Å²) in [5, 5.41) is 12.2. The maximum absolute atomic E-state index is 11.4. The topological polar surface area (TPSA) is 69.6 Å². The van der Waals surface area contributed by atoms with E-state index in [4.69, 9.17) is 0 Å². The third-order valence-electron chi connectivity index (χ3n) is 3.09. The van der Waals surface area contributed by atoms with Crippen molar-refractivity contribution in [2.24, 2.45) is 0 Å². The Bertz CT molecular complexity index is 301. The van der Waals surface area contributed by atoms with E-state index in [1.54, 1.807) is 6.92 Å². The predicted octanol–water partition coefficient (Wildman–Crippen LogP) is -0.752. The highest BCUT2D eigenvalue weighted by Gasteiger charge is 2.39. The molecule has 2 aliphatic heterocycles. The van der Waals surface area contributed by atoms with E-state index in [0.717, 1.165) is 19.4 Å². The van der Waals surface area contributed by atoms with E-state index < -0.39 is 5.60 Å². The van der Waals surface area contributed by atoms with Crippen molar-refractivity contribution in [1.29, 1.82) is 0 Å². The van der Waals surface area contributed by atoms with Crippen LogP contribution in [-0.2, 0) is 9.59 Å². The Morgan fingerprint density at radius 3 is 2.80 bits per heavy atom. The molecule has 2 fully saturated rings. The molecule has 0 aromatic rings. The Balaban J connectivity index is 2.04. The van der Waals surface area contributed by atoms with Gasteiger partial charge in [0.25, 0.3) is 0 Å². The number of carbonyl (C=O) groups is 2. The van der Waals surface area contributed by atoms with Crippen molar-refractivity contribution in [3.05, 3.63) is 0 Å². The average Bonchev–Trinajstić information content (AvgIpc) is 2.43. The lowest BCUT2D eigenvalue weighted by molar-refractivity contribution is -0.127. The van der Waals surface area contributed by atoms with E-state index in [0.29, 0.717) is 6.54 Å². The Hall–Kier alpha value is -0.940. The maximum atomic E-state index is 11.4. The van der Waals surface area contributed by atoms with Crippen LogP contribution in [-0.4, -0.2) is 46.6 Å². The molecule has 2 rings (SSSR count). The van der Waals surface area contributed by atoms with Gasteiger partial charge in [0.15, 0.2) is 0 Å². The first-order valence-electron chi connectivity index (χ1n) is 5.28. The van der Waals surface area contributed by atoms with Crippen LogP contribution in [0.25, 0.3) is 0 Å². The molecule has 2 aliphatic rings. The van der Waals surface area contributed by atoms with Crippen molar-refractivity contribution in [2.45, 2.75) is 37.8 Å². The third kappa shape index (κ3) is 2.18. The van der Waals surface area contributed by atoms with E-state index in [1.807, 2.05) is 4.90 Å². The van der Waals surface area contributed by atoms with Crippen molar-refractivity contribution in [1.82, 2.24) is 10.2 Å². The summed E-state index contributed by atoms with van der Waals surface area (Å²) >= 11 is 0. The minimum Gasteiger partial charge on any atom is -0.389 e. The Morgan fingerprint density at radius 2 is 2.27 bits per heavy atom. The molecule has 2 amide bonds. The van der Waals surface area contributed by atoms with Crippen molar-refractivity contribution in [3.63, 3.8) is 0 Å². The molecule has 0 radical (unpaired) electrons. The van der Waals surface area contributed by atoms with Gasteiger partial charge in [0.2, 0.25) is 11.8 Å². The largest absolute Gasteiger partial charge is 0.389 e. The second kappa shape index (κ2) is 3.57.